The number of carbonyl (C=O) groups excluding carboxylic acids is 1. The van der Waals surface area contributed by atoms with Gasteiger partial charge in [0.05, 0.1) is 24.2 Å². The van der Waals surface area contributed by atoms with E-state index in [9.17, 15) is 14.7 Å². The van der Waals surface area contributed by atoms with E-state index in [4.69, 9.17) is 5.73 Å². The van der Waals surface area contributed by atoms with Crippen LogP contribution in [0.15, 0.2) is 41.5 Å². The minimum absolute atomic E-state index is 0.00669. The summed E-state index contributed by atoms with van der Waals surface area (Å²) < 4.78 is 1.49. The molecule has 1 aromatic carbocycles. The van der Waals surface area contributed by atoms with Gasteiger partial charge in [-0.25, -0.2) is 4.98 Å². The number of carbonyl (C=O) groups is 1. The molecule has 4 rings (SSSR count). The third-order valence-electron chi connectivity index (χ3n) is 8.56. The molecule has 196 valence electrons. The second-order valence-corrected chi connectivity index (χ2v) is 11.7. The van der Waals surface area contributed by atoms with Gasteiger partial charge in [0.15, 0.2) is 0 Å². The molecule has 1 saturated carbocycles. The van der Waals surface area contributed by atoms with Crippen LogP contribution in [0.3, 0.4) is 0 Å². The average molecular weight is 495 g/mol. The predicted molar refractivity (Wildman–Crippen MR) is 142 cm³/mol. The Bertz CT molecular complexity index is 1120. The third-order valence-corrected chi connectivity index (χ3v) is 8.56. The van der Waals surface area contributed by atoms with E-state index in [1.165, 1.54) is 49.1 Å². The minimum Gasteiger partial charge on any atom is -0.387 e. The Morgan fingerprint density at radius 3 is 2.64 bits per heavy atom. The highest BCUT2D eigenvalue weighted by Crippen LogP contribution is 2.40. The number of hydrogen-bond donors (Lipinski definition) is 2. The summed E-state index contributed by atoms with van der Waals surface area (Å²) in [7, 11) is 0. The molecule has 1 saturated heterocycles. The van der Waals surface area contributed by atoms with Gasteiger partial charge in [-0.05, 0) is 30.4 Å². The number of hydrogen-bond acceptors (Lipinski definition) is 5. The van der Waals surface area contributed by atoms with Gasteiger partial charge in [0.1, 0.15) is 0 Å². The summed E-state index contributed by atoms with van der Waals surface area (Å²) >= 11 is 0. The van der Waals surface area contributed by atoms with Crippen LogP contribution < -0.4 is 11.3 Å². The third kappa shape index (κ3) is 5.73. The van der Waals surface area contributed by atoms with Gasteiger partial charge >= 0.3 is 0 Å². The lowest BCUT2D eigenvalue weighted by molar-refractivity contribution is -0.157. The zero-order valence-electron chi connectivity index (χ0n) is 22.1. The number of amides is 1. The number of piperidine rings is 1. The molecular weight excluding hydrogens is 452 g/mol. The first-order chi connectivity index (χ1) is 17.1. The van der Waals surface area contributed by atoms with E-state index in [1.807, 2.05) is 43.0 Å². The Kier molecular flexibility index (Phi) is 8.00. The van der Waals surface area contributed by atoms with Crippen molar-refractivity contribution in [2.75, 3.05) is 13.1 Å². The van der Waals surface area contributed by atoms with Gasteiger partial charge in [0, 0.05) is 42.6 Å². The normalized spacial score (nSPS) is 23.4. The molecule has 2 unspecified atom stereocenters. The molecule has 1 aromatic heterocycles. The Hall–Kier alpha value is -2.51. The average Bonchev–Trinajstić information content (AvgIpc) is 2.87. The molecular formula is C29H42N4O3. The number of likely N-dealkylation sites (tertiary alicyclic amines) is 1. The van der Waals surface area contributed by atoms with E-state index in [0.717, 1.165) is 17.5 Å². The number of nitrogens with zero attached hydrogens (tertiary/aromatic N) is 3. The summed E-state index contributed by atoms with van der Waals surface area (Å²) in [5, 5.41) is 11.7. The lowest BCUT2D eigenvalue weighted by atomic mass is 9.69. The molecule has 2 heterocycles. The maximum atomic E-state index is 13.3. The summed E-state index contributed by atoms with van der Waals surface area (Å²) in [4.78, 5) is 32.7. The molecule has 0 spiro atoms. The van der Waals surface area contributed by atoms with E-state index >= 15 is 0 Å². The van der Waals surface area contributed by atoms with Gasteiger partial charge in [0.25, 0.3) is 5.56 Å². The van der Waals surface area contributed by atoms with Crippen molar-refractivity contribution in [2.24, 2.45) is 23.0 Å². The quantitative estimate of drug-likeness (QED) is 0.607. The Labute approximate surface area is 214 Å². The summed E-state index contributed by atoms with van der Waals surface area (Å²) in [6, 6.07) is 9.20. The van der Waals surface area contributed by atoms with Crippen molar-refractivity contribution >= 4 is 5.91 Å². The molecule has 7 nitrogen and oxygen atoms in total. The van der Waals surface area contributed by atoms with E-state index < -0.39 is 11.0 Å². The molecule has 36 heavy (non-hydrogen) atoms. The lowest BCUT2D eigenvalue weighted by Gasteiger charge is -2.50. The lowest BCUT2D eigenvalue weighted by Crippen LogP contribution is -2.61. The summed E-state index contributed by atoms with van der Waals surface area (Å²) in [6.45, 7) is 7.58. The maximum Gasteiger partial charge on any atom is 0.253 e. The highest BCUT2D eigenvalue weighted by atomic mass is 16.3. The Balaban J connectivity index is 1.43. The molecule has 2 fully saturated rings. The van der Waals surface area contributed by atoms with Gasteiger partial charge in [-0.3, -0.25) is 14.2 Å². The number of nitrogens with two attached hydrogens (primary N) is 1. The van der Waals surface area contributed by atoms with Gasteiger partial charge in [-0.15, -0.1) is 0 Å². The van der Waals surface area contributed by atoms with Crippen LogP contribution in [-0.4, -0.2) is 44.2 Å². The number of aromatic nitrogens is 2. The van der Waals surface area contributed by atoms with E-state index in [-0.39, 0.29) is 23.9 Å². The standard InChI is InChI=1S/C29H42N4O3/c1-21(14-22-8-5-4-6-9-22)27(35)32-13-12-29(36,28(2,3)18-32)19-33-20-31-25(16-26(33)34)24-11-7-10-23(15-24)17-30/h7,10-11,15-16,20-22,36H,4-6,8-9,12-14,17-19,30H2,1-3H3. The minimum atomic E-state index is -1.12. The van der Waals surface area contributed by atoms with Crippen LogP contribution in [0.25, 0.3) is 11.3 Å². The Morgan fingerprint density at radius 1 is 1.22 bits per heavy atom. The largest absolute Gasteiger partial charge is 0.387 e. The van der Waals surface area contributed by atoms with Gasteiger partial charge < -0.3 is 15.7 Å². The molecule has 3 N–H and O–H groups in total. The van der Waals surface area contributed by atoms with Crippen LogP contribution in [0.1, 0.15) is 71.3 Å². The van der Waals surface area contributed by atoms with Crippen molar-refractivity contribution in [3.05, 3.63) is 52.6 Å². The highest BCUT2D eigenvalue weighted by molar-refractivity contribution is 5.78. The van der Waals surface area contributed by atoms with E-state index in [0.29, 0.717) is 37.7 Å². The molecule has 2 aliphatic rings. The smallest absolute Gasteiger partial charge is 0.253 e. The molecule has 1 aliphatic heterocycles. The maximum absolute atomic E-state index is 13.3. The van der Waals surface area contributed by atoms with Crippen molar-refractivity contribution in [1.82, 2.24) is 14.5 Å². The fraction of sp³-hybridized carbons (Fsp3) is 0.621. The van der Waals surface area contributed by atoms with Crippen LogP contribution in [0.2, 0.25) is 0 Å². The number of aliphatic hydroxyl groups is 1. The van der Waals surface area contributed by atoms with Gasteiger partial charge in [-0.2, -0.15) is 0 Å². The van der Waals surface area contributed by atoms with Crippen LogP contribution in [-0.2, 0) is 17.9 Å². The summed E-state index contributed by atoms with van der Waals surface area (Å²) in [6.07, 6.45) is 9.27. The summed E-state index contributed by atoms with van der Waals surface area (Å²) in [5.74, 6) is 0.860. The molecule has 2 aromatic rings. The molecule has 0 radical (unpaired) electrons. The highest BCUT2D eigenvalue weighted by Gasteiger charge is 2.49. The molecule has 1 aliphatic carbocycles. The molecule has 7 heteroatoms. The second-order valence-electron chi connectivity index (χ2n) is 11.7. The van der Waals surface area contributed by atoms with Crippen LogP contribution in [0.4, 0.5) is 0 Å². The van der Waals surface area contributed by atoms with Crippen LogP contribution in [0, 0.1) is 17.3 Å². The zero-order valence-corrected chi connectivity index (χ0v) is 22.1. The first-order valence-corrected chi connectivity index (χ1v) is 13.5. The van der Waals surface area contributed by atoms with Crippen molar-refractivity contribution in [1.29, 1.82) is 0 Å². The zero-order chi connectivity index (χ0) is 25.9. The number of benzene rings is 1. The van der Waals surface area contributed by atoms with E-state index in [1.54, 1.807) is 0 Å². The fourth-order valence-corrected chi connectivity index (χ4v) is 6.02. The van der Waals surface area contributed by atoms with Crippen molar-refractivity contribution < 1.29 is 9.90 Å². The van der Waals surface area contributed by atoms with Crippen molar-refractivity contribution in [2.45, 2.75) is 84.4 Å². The summed E-state index contributed by atoms with van der Waals surface area (Å²) in [5.41, 5.74) is 6.25. The SMILES string of the molecule is CC(CC1CCCCC1)C(=O)N1CCC(O)(Cn2cnc(-c3cccc(CN)c3)cc2=O)C(C)(C)C1. The van der Waals surface area contributed by atoms with Crippen molar-refractivity contribution in [3.8, 4) is 11.3 Å². The predicted octanol–water partition coefficient (Wildman–Crippen LogP) is 3.97. The van der Waals surface area contributed by atoms with E-state index in [2.05, 4.69) is 11.9 Å². The van der Waals surface area contributed by atoms with Gasteiger partial charge in [0.2, 0.25) is 5.91 Å². The second kappa shape index (κ2) is 10.9. The first kappa shape index (κ1) is 26.6. The van der Waals surface area contributed by atoms with Crippen molar-refractivity contribution in [3.63, 3.8) is 0 Å². The van der Waals surface area contributed by atoms with Crippen LogP contribution in [0.5, 0.6) is 0 Å². The topological polar surface area (TPSA) is 101 Å². The number of rotatable bonds is 7. The van der Waals surface area contributed by atoms with Gasteiger partial charge in [-0.1, -0.05) is 71.1 Å². The monoisotopic (exact) mass is 494 g/mol. The Morgan fingerprint density at radius 2 is 1.97 bits per heavy atom. The molecule has 2 atom stereocenters. The molecule has 0 bridgehead atoms. The van der Waals surface area contributed by atoms with Crippen LogP contribution >= 0.6 is 0 Å². The first-order valence-electron chi connectivity index (χ1n) is 13.5. The fourth-order valence-electron chi connectivity index (χ4n) is 6.02. The molecule has 1 amide bonds.